The molecule has 0 unspecified atom stereocenters. The van der Waals surface area contributed by atoms with Gasteiger partial charge in [-0.25, -0.2) is 0 Å². The van der Waals surface area contributed by atoms with Crippen molar-refractivity contribution in [1.29, 1.82) is 0 Å². The van der Waals surface area contributed by atoms with Crippen LogP contribution in [0.2, 0.25) is 0 Å². The maximum Gasteiger partial charge on any atom is -0.0354 e. The summed E-state index contributed by atoms with van der Waals surface area (Å²) in [6.07, 6.45) is 2.90. The van der Waals surface area contributed by atoms with Crippen molar-refractivity contribution in [1.82, 2.24) is 6.15 Å². The summed E-state index contributed by atoms with van der Waals surface area (Å²) in [6, 6.07) is 0. The molecule has 0 saturated heterocycles. The smallest absolute Gasteiger partial charge is 0.0354 e. The molecule has 1 rings (SSSR count). The zero-order valence-electron chi connectivity index (χ0n) is 4.62. The van der Waals surface area contributed by atoms with E-state index in [9.17, 15) is 0 Å². The molecule has 0 aromatic heterocycles. The Balaban J connectivity index is 0.000000250. The minimum absolute atomic E-state index is 0. The summed E-state index contributed by atoms with van der Waals surface area (Å²) in [5.74, 6) is 0. The molecule has 38 valence electrons. The van der Waals surface area contributed by atoms with Crippen molar-refractivity contribution in [3.63, 3.8) is 0 Å². The third-order valence-corrected chi connectivity index (χ3v) is 1.25. The molecule has 0 heterocycles. The fourth-order valence-corrected chi connectivity index (χ4v) is 0.250. The lowest BCUT2D eigenvalue weighted by molar-refractivity contribution is 0.653. The zero-order chi connectivity index (χ0) is 3.91. The molecule has 1 nitrogen and oxygen atoms in total. The molecule has 0 aromatic carbocycles. The Kier molecular flexibility index (Phi) is 1.22. The van der Waals surface area contributed by atoms with Crippen molar-refractivity contribution in [3.05, 3.63) is 0 Å². The molecular formula is C5H13N. The van der Waals surface area contributed by atoms with E-state index < -0.39 is 0 Å². The lowest BCUT2D eigenvalue weighted by atomic mass is 10.2. The summed E-state index contributed by atoms with van der Waals surface area (Å²) in [7, 11) is 0. The van der Waals surface area contributed by atoms with Crippen LogP contribution in [0.25, 0.3) is 0 Å². The van der Waals surface area contributed by atoms with Crippen LogP contribution in [0.4, 0.5) is 0 Å². The summed E-state index contributed by atoms with van der Waals surface area (Å²) in [5, 5.41) is 0. The molecule has 3 N–H and O–H groups in total. The molecule has 1 aliphatic carbocycles. The van der Waals surface area contributed by atoms with E-state index in [-0.39, 0.29) is 6.15 Å². The largest absolute Gasteiger partial charge is 0.344 e. The van der Waals surface area contributed by atoms with Crippen molar-refractivity contribution in [2.24, 2.45) is 5.41 Å². The molecule has 0 aliphatic heterocycles. The molecule has 0 radical (unpaired) electrons. The van der Waals surface area contributed by atoms with E-state index in [2.05, 4.69) is 13.8 Å². The first-order valence-corrected chi connectivity index (χ1v) is 2.21. The van der Waals surface area contributed by atoms with E-state index in [1.165, 1.54) is 12.8 Å². The summed E-state index contributed by atoms with van der Waals surface area (Å²) in [6.45, 7) is 4.60. The van der Waals surface area contributed by atoms with Gasteiger partial charge in [-0.05, 0) is 18.3 Å². The normalized spacial score (nSPS) is 25.0. The average molecular weight is 87.2 g/mol. The van der Waals surface area contributed by atoms with E-state index in [0.717, 1.165) is 5.41 Å². The average Bonchev–Trinajstić information content (AvgIpc) is 1.76. The SMILES string of the molecule is CC1(C)CC1.N. The first-order chi connectivity index (χ1) is 2.21. The van der Waals surface area contributed by atoms with Crippen LogP contribution in [0, 0.1) is 5.41 Å². The summed E-state index contributed by atoms with van der Waals surface area (Å²) >= 11 is 0. The van der Waals surface area contributed by atoms with Gasteiger partial charge in [0.15, 0.2) is 0 Å². The molecule has 1 heteroatoms. The van der Waals surface area contributed by atoms with Crippen molar-refractivity contribution in [3.8, 4) is 0 Å². The maximum absolute atomic E-state index is 2.30. The minimum atomic E-state index is 0. The molecule has 1 fully saturated rings. The topological polar surface area (TPSA) is 35.0 Å². The van der Waals surface area contributed by atoms with Crippen molar-refractivity contribution in [2.75, 3.05) is 0 Å². The van der Waals surface area contributed by atoms with Crippen molar-refractivity contribution in [2.45, 2.75) is 26.7 Å². The van der Waals surface area contributed by atoms with Gasteiger partial charge >= 0.3 is 0 Å². The van der Waals surface area contributed by atoms with Crippen LogP contribution in [-0.4, -0.2) is 0 Å². The molecule has 0 spiro atoms. The highest BCUT2D eigenvalue weighted by Crippen LogP contribution is 2.43. The van der Waals surface area contributed by atoms with E-state index in [1.54, 1.807) is 0 Å². The quantitative estimate of drug-likeness (QED) is 0.481. The Labute approximate surface area is 39.3 Å². The molecule has 1 aliphatic rings. The molecule has 0 bridgehead atoms. The van der Waals surface area contributed by atoms with E-state index in [4.69, 9.17) is 0 Å². The van der Waals surface area contributed by atoms with Gasteiger partial charge in [-0.1, -0.05) is 13.8 Å². The first kappa shape index (κ1) is 5.96. The van der Waals surface area contributed by atoms with E-state index in [0.29, 0.717) is 0 Å². The van der Waals surface area contributed by atoms with Gasteiger partial charge in [0.25, 0.3) is 0 Å². The Hall–Kier alpha value is -0.0400. The Morgan fingerprint density at radius 1 is 1.17 bits per heavy atom. The predicted molar refractivity (Wildman–Crippen MR) is 28.0 cm³/mol. The third kappa shape index (κ3) is 1.41. The monoisotopic (exact) mass is 87.1 g/mol. The van der Waals surface area contributed by atoms with E-state index >= 15 is 0 Å². The number of hydrogen-bond donors (Lipinski definition) is 1. The van der Waals surface area contributed by atoms with Crippen molar-refractivity contribution >= 4 is 0 Å². The molecule has 1 saturated carbocycles. The van der Waals surface area contributed by atoms with Crippen LogP contribution >= 0.6 is 0 Å². The maximum atomic E-state index is 2.30. The van der Waals surface area contributed by atoms with Gasteiger partial charge in [0.1, 0.15) is 0 Å². The van der Waals surface area contributed by atoms with Crippen LogP contribution in [-0.2, 0) is 0 Å². The van der Waals surface area contributed by atoms with E-state index in [1.807, 2.05) is 0 Å². The Morgan fingerprint density at radius 3 is 1.33 bits per heavy atom. The Bertz CT molecular complexity index is 41.9. The molecule has 0 aromatic rings. The lowest BCUT2D eigenvalue weighted by Crippen LogP contribution is -1.75. The van der Waals surface area contributed by atoms with Gasteiger partial charge in [0.2, 0.25) is 0 Å². The van der Waals surface area contributed by atoms with Crippen LogP contribution < -0.4 is 6.15 Å². The van der Waals surface area contributed by atoms with Gasteiger partial charge in [0.05, 0.1) is 0 Å². The summed E-state index contributed by atoms with van der Waals surface area (Å²) < 4.78 is 0. The second kappa shape index (κ2) is 1.23. The molecule has 0 atom stereocenters. The fraction of sp³-hybridized carbons (Fsp3) is 1.00. The molecular weight excluding hydrogens is 74.1 g/mol. The highest BCUT2D eigenvalue weighted by Gasteiger charge is 2.30. The highest BCUT2D eigenvalue weighted by atomic mass is 14.4. The summed E-state index contributed by atoms with van der Waals surface area (Å²) in [4.78, 5) is 0. The van der Waals surface area contributed by atoms with Gasteiger partial charge in [-0.3, -0.25) is 0 Å². The van der Waals surface area contributed by atoms with Crippen LogP contribution in [0.3, 0.4) is 0 Å². The second-order valence-electron chi connectivity index (χ2n) is 2.66. The third-order valence-electron chi connectivity index (χ3n) is 1.25. The first-order valence-electron chi connectivity index (χ1n) is 2.21. The predicted octanol–water partition coefficient (Wildman–Crippen LogP) is 1.97. The molecule has 0 amide bonds. The number of hydrogen-bond acceptors (Lipinski definition) is 1. The number of rotatable bonds is 0. The van der Waals surface area contributed by atoms with Gasteiger partial charge in [0, 0.05) is 0 Å². The second-order valence-corrected chi connectivity index (χ2v) is 2.66. The van der Waals surface area contributed by atoms with Crippen LogP contribution in [0.5, 0.6) is 0 Å². The highest BCUT2D eigenvalue weighted by molar-refractivity contribution is 4.82. The standard InChI is InChI=1S/C5H10.H3N/c1-5(2)3-4-5;/h3-4H2,1-2H3;1H3. The van der Waals surface area contributed by atoms with Gasteiger partial charge in [-0.15, -0.1) is 0 Å². The zero-order valence-corrected chi connectivity index (χ0v) is 4.62. The van der Waals surface area contributed by atoms with Crippen molar-refractivity contribution < 1.29 is 0 Å². The minimum Gasteiger partial charge on any atom is -0.344 e. The van der Waals surface area contributed by atoms with Crippen LogP contribution in [0.15, 0.2) is 0 Å². The molecule has 6 heavy (non-hydrogen) atoms. The van der Waals surface area contributed by atoms with Crippen LogP contribution in [0.1, 0.15) is 26.7 Å². The van der Waals surface area contributed by atoms with Gasteiger partial charge < -0.3 is 6.15 Å². The summed E-state index contributed by atoms with van der Waals surface area (Å²) in [5.41, 5.74) is 0.750. The van der Waals surface area contributed by atoms with Gasteiger partial charge in [-0.2, -0.15) is 0 Å². The Morgan fingerprint density at radius 2 is 1.33 bits per heavy atom. The fourth-order valence-electron chi connectivity index (χ4n) is 0.250. The lowest BCUT2D eigenvalue weighted by Gasteiger charge is -1.86.